The van der Waals surface area contributed by atoms with Gasteiger partial charge in [-0.25, -0.2) is 9.59 Å². The third-order valence-corrected chi connectivity index (χ3v) is 1.64. The lowest BCUT2D eigenvalue weighted by atomic mass is 10.5. The molecular formula is C12H20O7. The number of hydrogen-bond acceptors (Lipinski definition) is 7. The SMILES string of the molecule is C=CCOC(=O)OCCOCCOC(=O)OCCC. The Bertz CT molecular complexity index is 265. The van der Waals surface area contributed by atoms with E-state index in [0.717, 1.165) is 6.42 Å². The van der Waals surface area contributed by atoms with Crippen molar-refractivity contribution in [1.29, 1.82) is 0 Å². The van der Waals surface area contributed by atoms with Gasteiger partial charge in [-0.05, 0) is 6.42 Å². The molecule has 0 spiro atoms. The molecule has 7 nitrogen and oxygen atoms in total. The maximum Gasteiger partial charge on any atom is 0.508 e. The molecule has 0 aliphatic heterocycles. The summed E-state index contributed by atoms with van der Waals surface area (Å²) in [6.45, 7) is 6.25. The van der Waals surface area contributed by atoms with Crippen molar-refractivity contribution in [2.75, 3.05) is 39.6 Å². The first-order valence-electron chi connectivity index (χ1n) is 5.98. The van der Waals surface area contributed by atoms with Crippen LogP contribution in [0.1, 0.15) is 13.3 Å². The quantitative estimate of drug-likeness (QED) is 0.342. The highest BCUT2D eigenvalue weighted by Gasteiger charge is 2.03. The highest BCUT2D eigenvalue weighted by molar-refractivity contribution is 5.60. The summed E-state index contributed by atoms with van der Waals surface area (Å²) in [5.41, 5.74) is 0. The topological polar surface area (TPSA) is 80.3 Å². The molecule has 7 heteroatoms. The standard InChI is InChI=1S/C12H20O7/c1-3-5-16-11(13)18-9-7-15-8-10-19-12(14)17-6-4-2/h3H,1,4-10H2,2H3. The van der Waals surface area contributed by atoms with Gasteiger partial charge in [-0.3, -0.25) is 0 Å². The van der Waals surface area contributed by atoms with E-state index >= 15 is 0 Å². The van der Waals surface area contributed by atoms with Crippen LogP contribution in [0, 0.1) is 0 Å². The normalized spacial score (nSPS) is 9.53. The molecule has 0 aliphatic carbocycles. The van der Waals surface area contributed by atoms with Gasteiger partial charge in [-0.15, -0.1) is 0 Å². The van der Waals surface area contributed by atoms with E-state index in [9.17, 15) is 9.59 Å². The van der Waals surface area contributed by atoms with Gasteiger partial charge < -0.3 is 23.7 Å². The summed E-state index contributed by atoms with van der Waals surface area (Å²) in [5.74, 6) is 0. The Morgan fingerprint density at radius 2 is 1.42 bits per heavy atom. The average molecular weight is 276 g/mol. The molecule has 19 heavy (non-hydrogen) atoms. The van der Waals surface area contributed by atoms with Crippen LogP contribution >= 0.6 is 0 Å². The Balaban J connectivity index is 3.24. The van der Waals surface area contributed by atoms with Crippen LogP contribution in [-0.2, 0) is 23.7 Å². The van der Waals surface area contributed by atoms with Gasteiger partial charge in [0.25, 0.3) is 0 Å². The summed E-state index contributed by atoms with van der Waals surface area (Å²) < 4.78 is 23.7. The van der Waals surface area contributed by atoms with Crippen molar-refractivity contribution in [2.24, 2.45) is 0 Å². The molecule has 0 aromatic carbocycles. The van der Waals surface area contributed by atoms with Crippen molar-refractivity contribution >= 4 is 12.3 Å². The van der Waals surface area contributed by atoms with E-state index in [4.69, 9.17) is 9.47 Å². The molecule has 0 N–H and O–H groups in total. The van der Waals surface area contributed by atoms with E-state index in [2.05, 4.69) is 20.8 Å². The van der Waals surface area contributed by atoms with Crippen LogP contribution in [0.4, 0.5) is 9.59 Å². The zero-order valence-electron chi connectivity index (χ0n) is 11.1. The Kier molecular flexibility index (Phi) is 11.5. The van der Waals surface area contributed by atoms with Crippen LogP contribution in [0.5, 0.6) is 0 Å². The van der Waals surface area contributed by atoms with Crippen molar-refractivity contribution < 1.29 is 33.3 Å². The smallest absolute Gasteiger partial charge is 0.434 e. The van der Waals surface area contributed by atoms with Gasteiger partial charge in [0.1, 0.15) is 19.8 Å². The fourth-order valence-corrected chi connectivity index (χ4v) is 0.866. The molecule has 0 fully saturated rings. The van der Waals surface area contributed by atoms with Crippen LogP contribution < -0.4 is 0 Å². The van der Waals surface area contributed by atoms with Crippen LogP contribution in [-0.4, -0.2) is 52.0 Å². The largest absolute Gasteiger partial charge is 0.508 e. The second-order valence-electron chi connectivity index (χ2n) is 3.26. The molecular weight excluding hydrogens is 256 g/mol. The zero-order valence-corrected chi connectivity index (χ0v) is 11.1. The molecule has 0 saturated carbocycles. The minimum Gasteiger partial charge on any atom is -0.434 e. The van der Waals surface area contributed by atoms with E-state index in [1.54, 1.807) is 0 Å². The third-order valence-electron chi connectivity index (χ3n) is 1.64. The van der Waals surface area contributed by atoms with Crippen molar-refractivity contribution in [3.05, 3.63) is 12.7 Å². The van der Waals surface area contributed by atoms with E-state index < -0.39 is 12.3 Å². The lowest BCUT2D eigenvalue weighted by molar-refractivity contribution is 0.00804. The molecule has 0 heterocycles. The summed E-state index contributed by atoms with van der Waals surface area (Å²) in [5, 5.41) is 0. The van der Waals surface area contributed by atoms with Crippen molar-refractivity contribution in [3.63, 3.8) is 0 Å². The number of ether oxygens (including phenoxy) is 5. The minimum absolute atomic E-state index is 0.0657. The molecule has 0 unspecified atom stereocenters. The predicted molar refractivity (Wildman–Crippen MR) is 65.9 cm³/mol. The summed E-state index contributed by atoms with van der Waals surface area (Å²) in [4.78, 5) is 21.7. The van der Waals surface area contributed by atoms with Crippen LogP contribution in [0.2, 0.25) is 0 Å². The van der Waals surface area contributed by atoms with Gasteiger partial charge in [0.2, 0.25) is 0 Å². The summed E-state index contributed by atoms with van der Waals surface area (Å²) >= 11 is 0. The molecule has 0 amide bonds. The lowest BCUT2D eigenvalue weighted by Crippen LogP contribution is -2.15. The summed E-state index contributed by atoms with van der Waals surface area (Å²) in [6.07, 6.45) is 0.690. The summed E-state index contributed by atoms with van der Waals surface area (Å²) in [6, 6.07) is 0. The van der Waals surface area contributed by atoms with E-state index in [1.165, 1.54) is 6.08 Å². The third kappa shape index (κ3) is 12.5. The molecule has 0 rings (SSSR count). The maximum atomic E-state index is 10.9. The van der Waals surface area contributed by atoms with Gasteiger partial charge in [0, 0.05) is 0 Å². The zero-order chi connectivity index (χ0) is 14.3. The molecule has 0 atom stereocenters. The first-order chi connectivity index (χ1) is 9.20. The van der Waals surface area contributed by atoms with Crippen LogP contribution in [0.25, 0.3) is 0 Å². The second kappa shape index (κ2) is 12.7. The van der Waals surface area contributed by atoms with Crippen molar-refractivity contribution in [3.8, 4) is 0 Å². The molecule has 0 bridgehead atoms. The molecule has 0 aliphatic rings. The van der Waals surface area contributed by atoms with Crippen LogP contribution in [0.3, 0.4) is 0 Å². The Hall–Kier alpha value is -1.76. The average Bonchev–Trinajstić information content (AvgIpc) is 2.41. The van der Waals surface area contributed by atoms with Gasteiger partial charge in [-0.2, -0.15) is 0 Å². The van der Waals surface area contributed by atoms with Crippen molar-refractivity contribution in [2.45, 2.75) is 13.3 Å². The minimum atomic E-state index is -0.775. The van der Waals surface area contributed by atoms with Gasteiger partial charge in [0.05, 0.1) is 19.8 Å². The lowest BCUT2D eigenvalue weighted by Gasteiger charge is -2.07. The van der Waals surface area contributed by atoms with Gasteiger partial charge in [0.15, 0.2) is 0 Å². The first-order valence-corrected chi connectivity index (χ1v) is 5.98. The highest BCUT2D eigenvalue weighted by atomic mass is 16.7. The van der Waals surface area contributed by atoms with E-state index in [1.807, 2.05) is 6.92 Å². The molecule has 110 valence electrons. The van der Waals surface area contributed by atoms with Crippen LogP contribution in [0.15, 0.2) is 12.7 Å². The second-order valence-corrected chi connectivity index (χ2v) is 3.26. The van der Waals surface area contributed by atoms with Gasteiger partial charge >= 0.3 is 12.3 Å². The number of rotatable bonds is 10. The Labute approximate surface area is 112 Å². The Morgan fingerprint density at radius 3 is 1.95 bits per heavy atom. The first kappa shape index (κ1) is 17.2. The summed E-state index contributed by atoms with van der Waals surface area (Å²) in [7, 11) is 0. The van der Waals surface area contributed by atoms with Gasteiger partial charge in [-0.1, -0.05) is 19.6 Å². The Morgan fingerprint density at radius 1 is 0.895 bits per heavy atom. The van der Waals surface area contributed by atoms with E-state index in [-0.39, 0.29) is 33.0 Å². The number of carbonyl (C=O) groups is 2. The highest BCUT2D eigenvalue weighted by Crippen LogP contribution is 1.89. The fraction of sp³-hybridized carbons (Fsp3) is 0.667. The van der Waals surface area contributed by atoms with E-state index in [0.29, 0.717) is 6.61 Å². The number of hydrogen-bond donors (Lipinski definition) is 0. The van der Waals surface area contributed by atoms with Crippen molar-refractivity contribution in [1.82, 2.24) is 0 Å². The fourth-order valence-electron chi connectivity index (χ4n) is 0.866. The predicted octanol–water partition coefficient (Wildman–Crippen LogP) is 1.91. The molecule has 0 aromatic heterocycles. The molecule has 0 saturated heterocycles. The molecule has 0 aromatic rings. The number of carbonyl (C=O) groups excluding carboxylic acids is 2. The maximum absolute atomic E-state index is 10.9. The monoisotopic (exact) mass is 276 g/mol. The molecule has 0 radical (unpaired) electrons.